The fourth-order valence-electron chi connectivity index (χ4n) is 2.46. The molecule has 0 N–H and O–H groups in total. The molecule has 3 rings (SSSR count). The Kier molecular flexibility index (Phi) is 4.48. The largest absolute Gasteiger partial charge is 0.381 e. The summed E-state index contributed by atoms with van der Waals surface area (Å²) in [6.07, 6.45) is 1.87. The first-order valence-electron chi connectivity index (χ1n) is 7.92. The molecule has 0 bridgehead atoms. The summed E-state index contributed by atoms with van der Waals surface area (Å²) in [5, 5.41) is 0. The molecule has 0 aromatic carbocycles. The summed E-state index contributed by atoms with van der Waals surface area (Å²) in [5.41, 5.74) is 1.45. The fraction of sp³-hybridized carbons (Fsp3) is 0.500. The Balaban J connectivity index is 2.21. The number of allylic oxidation sites excluding steroid dienone is 1. The van der Waals surface area contributed by atoms with E-state index in [9.17, 15) is 4.79 Å². The Morgan fingerprint density at radius 3 is 2.62 bits per heavy atom. The summed E-state index contributed by atoms with van der Waals surface area (Å²) < 4.78 is 6.83. The molecule has 0 unspecified atom stereocenters. The average molecular weight is 330 g/mol. The number of hydrogen-bond donors (Lipinski definition) is 0. The highest BCUT2D eigenvalue weighted by Crippen LogP contribution is 2.14. The number of aryl methyl sites for hydroxylation is 1. The van der Waals surface area contributed by atoms with E-state index in [-0.39, 0.29) is 5.56 Å². The van der Waals surface area contributed by atoms with Crippen LogP contribution < -0.4 is 10.5 Å². The molecule has 0 radical (unpaired) electrons. The van der Waals surface area contributed by atoms with E-state index >= 15 is 0 Å². The highest BCUT2D eigenvalue weighted by Gasteiger charge is 2.17. The second-order valence-corrected chi connectivity index (χ2v) is 6.03. The van der Waals surface area contributed by atoms with Crippen LogP contribution in [-0.4, -0.2) is 64.7 Å². The van der Waals surface area contributed by atoms with Gasteiger partial charge in [-0.15, -0.1) is 0 Å². The minimum Gasteiger partial charge on any atom is -0.381 e. The van der Waals surface area contributed by atoms with Gasteiger partial charge >= 0.3 is 0 Å². The van der Waals surface area contributed by atoms with E-state index < -0.39 is 0 Å². The lowest BCUT2D eigenvalue weighted by Gasteiger charge is -2.27. The van der Waals surface area contributed by atoms with Gasteiger partial charge in [-0.25, -0.2) is 9.38 Å². The Labute approximate surface area is 140 Å². The maximum atomic E-state index is 12.4. The van der Waals surface area contributed by atoms with Gasteiger partial charge in [-0.3, -0.25) is 4.79 Å². The first kappa shape index (κ1) is 16.4. The van der Waals surface area contributed by atoms with Crippen LogP contribution in [0.25, 0.3) is 11.9 Å². The standard InChI is InChI=1S/C16H22N6O2/c1-11-9-14(23)22-13(10-12(2)20(3)4)18-15(19-16(22)17-11)21-5-7-24-8-6-21/h9-10H,5-8H2,1-4H3/b12-10+. The summed E-state index contributed by atoms with van der Waals surface area (Å²) in [5.74, 6) is 1.48. The van der Waals surface area contributed by atoms with Crippen LogP contribution in [-0.2, 0) is 4.74 Å². The SMILES string of the molecule is C/C(=C\c1nc(N2CCOCC2)nc2nc(C)cc(=O)n12)N(C)C. The highest BCUT2D eigenvalue weighted by atomic mass is 16.5. The van der Waals surface area contributed by atoms with Crippen molar-refractivity contribution in [1.29, 1.82) is 0 Å². The van der Waals surface area contributed by atoms with Crippen LogP contribution in [0.4, 0.5) is 5.95 Å². The molecule has 8 nitrogen and oxygen atoms in total. The minimum absolute atomic E-state index is 0.177. The number of morpholine rings is 1. The lowest BCUT2D eigenvalue weighted by molar-refractivity contribution is 0.122. The Morgan fingerprint density at radius 2 is 1.96 bits per heavy atom. The third kappa shape index (κ3) is 3.23. The van der Waals surface area contributed by atoms with E-state index in [4.69, 9.17) is 4.74 Å². The Morgan fingerprint density at radius 1 is 1.25 bits per heavy atom. The second-order valence-electron chi connectivity index (χ2n) is 6.03. The molecule has 0 aliphatic carbocycles. The zero-order valence-corrected chi connectivity index (χ0v) is 14.5. The highest BCUT2D eigenvalue weighted by molar-refractivity contribution is 5.51. The number of aromatic nitrogens is 4. The van der Waals surface area contributed by atoms with Crippen LogP contribution in [0.15, 0.2) is 16.6 Å². The van der Waals surface area contributed by atoms with Gasteiger partial charge in [0.1, 0.15) is 5.82 Å². The van der Waals surface area contributed by atoms with Crippen LogP contribution in [0.1, 0.15) is 18.4 Å². The first-order chi connectivity index (χ1) is 11.5. The number of rotatable bonds is 3. The zero-order valence-electron chi connectivity index (χ0n) is 14.5. The van der Waals surface area contributed by atoms with Crippen molar-refractivity contribution in [3.8, 4) is 0 Å². The maximum absolute atomic E-state index is 12.4. The van der Waals surface area contributed by atoms with Crippen molar-refractivity contribution in [2.45, 2.75) is 13.8 Å². The van der Waals surface area contributed by atoms with E-state index in [1.807, 2.05) is 32.0 Å². The Bertz CT molecular complexity index is 836. The van der Waals surface area contributed by atoms with Gasteiger partial charge in [0.05, 0.1) is 13.2 Å². The predicted molar refractivity (Wildman–Crippen MR) is 92.2 cm³/mol. The number of fused-ring (bicyclic) bond motifs is 1. The molecule has 1 fully saturated rings. The number of nitrogens with zero attached hydrogens (tertiary/aromatic N) is 6. The summed E-state index contributed by atoms with van der Waals surface area (Å²) in [4.78, 5) is 30.0. The molecular formula is C16H22N6O2. The summed E-state index contributed by atoms with van der Waals surface area (Å²) in [7, 11) is 3.90. The fourth-order valence-corrected chi connectivity index (χ4v) is 2.46. The van der Waals surface area contributed by atoms with Crippen molar-refractivity contribution in [2.75, 3.05) is 45.3 Å². The lowest BCUT2D eigenvalue weighted by Crippen LogP contribution is -2.38. The van der Waals surface area contributed by atoms with E-state index in [1.165, 1.54) is 10.5 Å². The molecule has 3 heterocycles. The zero-order chi connectivity index (χ0) is 17.3. The Hall–Kier alpha value is -2.48. The van der Waals surface area contributed by atoms with Gasteiger partial charge in [-0.2, -0.15) is 9.97 Å². The van der Waals surface area contributed by atoms with Gasteiger partial charge in [0.25, 0.3) is 5.56 Å². The number of anilines is 1. The van der Waals surface area contributed by atoms with Crippen molar-refractivity contribution >= 4 is 17.8 Å². The van der Waals surface area contributed by atoms with Crippen molar-refractivity contribution < 1.29 is 4.74 Å². The molecule has 2 aromatic rings. The molecule has 1 saturated heterocycles. The molecule has 8 heteroatoms. The topological polar surface area (TPSA) is 75.9 Å². The summed E-state index contributed by atoms with van der Waals surface area (Å²) >= 11 is 0. The van der Waals surface area contributed by atoms with Crippen LogP contribution in [0.5, 0.6) is 0 Å². The van der Waals surface area contributed by atoms with E-state index in [2.05, 4.69) is 19.9 Å². The van der Waals surface area contributed by atoms with Gasteiger partial charge in [0, 0.05) is 50.7 Å². The van der Waals surface area contributed by atoms with E-state index in [0.29, 0.717) is 36.5 Å². The molecule has 0 amide bonds. The molecule has 128 valence electrons. The monoisotopic (exact) mass is 330 g/mol. The number of ether oxygens (including phenoxy) is 1. The van der Waals surface area contributed by atoms with Gasteiger partial charge in [-0.1, -0.05) is 0 Å². The second kappa shape index (κ2) is 6.56. The van der Waals surface area contributed by atoms with Gasteiger partial charge in [-0.05, 0) is 13.8 Å². The average Bonchev–Trinajstić information content (AvgIpc) is 2.54. The minimum atomic E-state index is -0.177. The van der Waals surface area contributed by atoms with Crippen LogP contribution >= 0.6 is 0 Å². The summed E-state index contributed by atoms with van der Waals surface area (Å²) in [6.45, 7) is 6.49. The maximum Gasteiger partial charge on any atom is 0.260 e. The molecule has 0 saturated carbocycles. The van der Waals surface area contributed by atoms with Crippen LogP contribution in [0, 0.1) is 6.92 Å². The van der Waals surface area contributed by atoms with Crippen molar-refractivity contribution in [1.82, 2.24) is 24.3 Å². The molecule has 2 aromatic heterocycles. The molecule has 1 aliphatic heterocycles. The lowest BCUT2D eigenvalue weighted by atomic mass is 10.3. The molecule has 1 aliphatic rings. The normalized spacial score (nSPS) is 15.8. The van der Waals surface area contributed by atoms with Crippen LogP contribution in [0.3, 0.4) is 0 Å². The van der Waals surface area contributed by atoms with Gasteiger partial charge in [0.15, 0.2) is 0 Å². The van der Waals surface area contributed by atoms with Crippen LogP contribution in [0.2, 0.25) is 0 Å². The van der Waals surface area contributed by atoms with E-state index in [1.54, 1.807) is 6.92 Å². The third-order valence-electron chi connectivity index (χ3n) is 4.01. The molecule has 0 atom stereocenters. The van der Waals surface area contributed by atoms with E-state index in [0.717, 1.165) is 18.8 Å². The molecular weight excluding hydrogens is 308 g/mol. The molecule has 0 spiro atoms. The van der Waals surface area contributed by atoms with Crippen molar-refractivity contribution in [3.05, 3.63) is 33.6 Å². The molecule has 24 heavy (non-hydrogen) atoms. The van der Waals surface area contributed by atoms with Gasteiger partial charge < -0.3 is 14.5 Å². The first-order valence-corrected chi connectivity index (χ1v) is 7.92. The smallest absolute Gasteiger partial charge is 0.260 e. The van der Waals surface area contributed by atoms with Crippen molar-refractivity contribution in [3.63, 3.8) is 0 Å². The quantitative estimate of drug-likeness (QED) is 0.813. The third-order valence-corrected chi connectivity index (χ3v) is 4.01. The predicted octanol–water partition coefficient (Wildman–Crippen LogP) is 0.552. The van der Waals surface area contributed by atoms with Gasteiger partial charge in [0.2, 0.25) is 11.7 Å². The van der Waals surface area contributed by atoms with Crippen molar-refractivity contribution in [2.24, 2.45) is 0 Å². The summed E-state index contributed by atoms with van der Waals surface area (Å²) in [6, 6.07) is 1.49. The number of hydrogen-bond acceptors (Lipinski definition) is 7.